The standard InChI is InChI=1S/C10H15NO2/c1-8(2)4-3-5-9(6-7-11)10(12)13/h6,8H,3-5H2,1-2H3,(H,12,13)/b9-6-. The van der Waals surface area contributed by atoms with E-state index in [1.54, 1.807) is 6.07 Å². The first kappa shape index (κ1) is 11.7. The van der Waals surface area contributed by atoms with Gasteiger partial charge in [0.25, 0.3) is 0 Å². The third-order valence-electron chi connectivity index (χ3n) is 1.74. The number of carboxylic acid groups (broad SMARTS) is 1. The maximum absolute atomic E-state index is 10.5. The lowest BCUT2D eigenvalue weighted by molar-refractivity contribution is -0.132. The molecule has 3 nitrogen and oxygen atoms in total. The van der Waals surface area contributed by atoms with E-state index in [2.05, 4.69) is 13.8 Å². The fourth-order valence-corrected chi connectivity index (χ4v) is 1.02. The zero-order chi connectivity index (χ0) is 10.3. The minimum Gasteiger partial charge on any atom is -0.478 e. The number of hydrogen-bond acceptors (Lipinski definition) is 2. The summed E-state index contributed by atoms with van der Waals surface area (Å²) >= 11 is 0. The molecule has 0 aromatic rings. The van der Waals surface area contributed by atoms with Gasteiger partial charge in [-0.25, -0.2) is 4.79 Å². The molecule has 0 radical (unpaired) electrons. The molecule has 0 aliphatic rings. The van der Waals surface area contributed by atoms with Crippen LogP contribution in [0.3, 0.4) is 0 Å². The fraction of sp³-hybridized carbons (Fsp3) is 0.600. The molecular formula is C10H15NO2. The van der Waals surface area contributed by atoms with Crippen molar-refractivity contribution >= 4 is 5.97 Å². The predicted molar refractivity (Wildman–Crippen MR) is 50.0 cm³/mol. The second-order valence-corrected chi connectivity index (χ2v) is 3.39. The lowest BCUT2D eigenvalue weighted by Gasteiger charge is -2.03. The second-order valence-electron chi connectivity index (χ2n) is 3.39. The summed E-state index contributed by atoms with van der Waals surface area (Å²) in [7, 11) is 0. The molecule has 3 heteroatoms. The van der Waals surface area contributed by atoms with E-state index in [0.29, 0.717) is 12.3 Å². The van der Waals surface area contributed by atoms with Crippen LogP contribution in [0.4, 0.5) is 0 Å². The first-order chi connectivity index (χ1) is 6.07. The van der Waals surface area contributed by atoms with Crippen LogP contribution in [0, 0.1) is 17.2 Å². The Morgan fingerprint density at radius 1 is 1.62 bits per heavy atom. The summed E-state index contributed by atoms with van der Waals surface area (Å²) in [5.41, 5.74) is 0.211. The van der Waals surface area contributed by atoms with Crippen LogP contribution in [0.15, 0.2) is 11.6 Å². The highest BCUT2D eigenvalue weighted by atomic mass is 16.4. The first-order valence-electron chi connectivity index (χ1n) is 4.40. The van der Waals surface area contributed by atoms with Gasteiger partial charge >= 0.3 is 5.97 Å². The molecule has 0 saturated carbocycles. The molecule has 1 N–H and O–H groups in total. The highest BCUT2D eigenvalue weighted by Gasteiger charge is 2.06. The zero-order valence-corrected chi connectivity index (χ0v) is 8.08. The number of aliphatic carboxylic acids is 1. The van der Waals surface area contributed by atoms with Crippen molar-refractivity contribution in [2.45, 2.75) is 33.1 Å². The number of carboxylic acids is 1. The molecule has 0 saturated heterocycles. The van der Waals surface area contributed by atoms with Crippen molar-refractivity contribution < 1.29 is 9.90 Å². The van der Waals surface area contributed by atoms with Gasteiger partial charge in [0.1, 0.15) is 0 Å². The Hall–Kier alpha value is -1.30. The Labute approximate surface area is 78.7 Å². The van der Waals surface area contributed by atoms with E-state index in [-0.39, 0.29) is 5.57 Å². The van der Waals surface area contributed by atoms with Crippen molar-refractivity contribution in [2.24, 2.45) is 5.92 Å². The Kier molecular flexibility index (Phi) is 5.62. The second kappa shape index (κ2) is 6.24. The van der Waals surface area contributed by atoms with Crippen LogP contribution in [0.2, 0.25) is 0 Å². The topological polar surface area (TPSA) is 61.1 Å². The summed E-state index contributed by atoms with van der Waals surface area (Å²) in [5, 5.41) is 17.0. The van der Waals surface area contributed by atoms with E-state index >= 15 is 0 Å². The summed E-state index contributed by atoms with van der Waals surface area (Å²) in [6, 6.07) is 1.74. The van der Waals surface area contributed by atoms with Gasteiger partial charge in [0, 0.05) is 11.6 Å². The number of hydrogen-bond donors (Lipinski definition) is 1. The van der Waals surface area contributed by atoms with Crippen molar-refractivity contribution in [3.05, 3.63) is 11.6 Å². The number of nitriles is 1. The van der Waals surface area contributed by atoms with Crippen molar-refractivity contribution in [1.82, 2.24) is 0 Å². The quantitative estimate of drug-likeness (QED) is 0.523. The van der Waals surface area contributed by atoms with Gasteiger partial charge in [0.15, 0.2) is 0 Å². The Morgan fingerprint density at radius 2 is 2.23 bits per heavy atom. The Balaban J connectivity index is 3.94. The van der Waals surface area contributed by atoms with Gasteiger partial charge in [-0.2, -0.15) is 5.26 Å². The number of carbonyl (C=O) groups is 1. The van der Waals surface area contributed by atoms with E-state index < -0.39 is 5.97 Å². The molecule has 0 heterocycles. The van der Waals surface area contributed by atoms with E-state index in [0.717, 1.165) is 18.9 Å². The van der Waals surface area contributed by atoms with Gasteiger partial charge in [-0.15, -0.1) is 0 Å². The van der Waals surface area contributed by atoms with Gasteiger partial charge in [0.2, 0.25) is 0 Å². The van der Waals surface area contributed by atoms with Crippen LogP contribution < -0.4 is 0 Å². The van der Waals surface area contributed by atoms with Gasteiger partial charge in [0.05, 0.1) is 6.07 Å². The molecule has 0 atom stereocenters. The lowest BCUT2D eigenvalue weighted by Crippen LogP contribution is -2.01. The summed E-state index contributed by atoms with van der Waals surface area (Å²) in [6.45, 7) is 4.18. The van der Waals surface area contributed by atoms with Crippen LogP contribution in [0.1, 0.15) is 33.1 Å². The molecule has 0 aliphatic heterocycles. The average Bonchev–Trinajstić information content (AvgIpc) is 2.02. The molecule has 0 rings (SSSR count). The number of rotatable bonds is 5. The summed E-state index contributed by atoms with van der Waals surface area (Å²) < 4.78 is 0. The maximum Gasteiger partial charge on any atom is 0.332 e. The fourth-order valence-electron chi connectivity index (χ4n) is 1.02. The number of nitrogens with zero attached hydrogens (tertiary/aromatic N) is 1. The van der Waals surface area contributed by atoms with Crippen LogP contribution in [-0.4, -0.2) is 11.1 Å². The molecule has 0 unspecified atom stereocenters. The third-order valence-corrected chi connectivity index (χ3v) is 1.74. The summed E-state index contributed by atoms with van der Waals surface area (Å²) in [6.07, 6.45) is 3.43. The predicted octanol–water partition coefficient (Wildman–Crippen LogP) is 2.35. The monoisotopic (exact) mass is 181 g/mol. The Morgan fingerprint density at radius 3 is 2.62 bits per heavy atom. The first-order valence-corrected chi connectivity index (χ1v) is 4.40. The minimum atomic E-state index is -0.981. The van der Waals surface area contributed by atoms with Crippen LogP contribution in [0.5, 0.6) is 0 Å². The van der Waals surface area contributed by atoms with Gasteiger partial charge in [-0.05, 0) is 18.8 Å². The smallest absolute Gasteiger partial charge is 0.332 e. The van der Waals surface area contributed by atoms with E-state index in [9.17, 15) is 4.79 Å². The normalized spacial score (nSPS) is 11.4. The molecule has 0 fully saturated rings. The van der Waals surface area contributed by atoms with Crippen LogP contribution >= 0.6 is 0 Å². The largest absolute Gasteiger partial charge is 0.478 e. The third kappa shape index (κ3) is 5.92. The minimum absolute atomic E-state index is 0.211. The maximum atomic E-state index is 10.5. The van der Waals surface area contributed by atoms with Gasteiger partial charge in [-0.1, -0.05) is 20.3 Å². The highest BCUT2D eigenvalue weighted by molar-refractivity contribution is 5.87. The van der Waals surface area contributed by atoms with Crippen molar-refractivity contribution in [3.8, 4) is 6.07 Å². The van der Waals surface area contributed by atoms with Crippen molar-refractivity contribution in [1.29, 1.82) is 5.26 Å². The van der Waals surface area contributed by atoms with E-state index in [1.807, 2.05) is 0 Å². The molecule has 72 valence electrons. The molecular weight excluding hydrogens is 166 g/mol. The summed E-state index contributed by atoms with van der Waals surface area (Å²) in [4.78, 5) is 10.5. The number of allylic oxidation sites excluding steroid dienone is 1. The molecule has 0 amide bonds. The van der Waals surface area contributed by atoms with Crippen LogP contribution in [0.25, 0.3) is 0 Å². The lowest BCUT2D eigenvalue weighted by atomic mass is 10.0. The molecule has 13 heavy (non-hydrogen) atoms. The summed E-state index contributed by atoms with van der Waals surface area (Å²) in [5.74, 6) is -0.401. The van der Waals surface area contributed by atoms with E-state index in [1.165, 1.54) is 0 Å². The zero-order valence-electron chi connectivity index (χ0n) is 8.08. The molecule has 0 aromatic heterocycles. The molecule has 0 bridgehead atoms. The average molecular weight is 181 g/mol. The molecule has 0 spiro atoms. The SMILES string of the molecule is CC(C)CCC/C(=C/C#N)C(=O)O. The highest BCUT2D eigenvalue weighted by Crippen LogP contribution is 2.11. The Bertz CT molecular complexity index is 236. The van der Waals surface area contributed by atoms with Crippen LogP contribution in [-0.2, 0) is 4.79 Å². The molecule has 0 aromatic carbocycles. The van der Waals surface area contributed by atoms with Gasteiger partial charge in [-0.3, -0.25) is 0 Å². The van der Waals surface area contributed by atoms with Gasteiger partial charge < -0.3 is 5.11 Å². The van der Waals surface area contributed by atoms with Crippen molar-refractivity contribution in [2.75, 3.05) is 0 Å². The van der Waals surface area contributed by atoms with Crippen molar-refractivity contribution in [3.63, 3.8) is 0 Å². The molecule has 0 aliphatic carbocycles. The van der Waals surface area contributed by atoms with E-state index in [4.69, 9.17) is 10.4 Å².